The molecule has 3 aromatic carbocycles. The lowest BCUT2D eigenvalue weighted by molar-refractivity contribution is 0.0935. The summed E-state index contributed by atoms with van der Waals surface area (Å²) in [7, 11) is 0. The zero-order valence-electron chi connectivity index (χ0n) is 22.8. The van der Waals surface area contributed by atoms with Gasteiger partial charge in [0.1, 0.15) is 11.6 Å². The van der Waals surface area contributed by atoms with Crippen LogP contribution in [0.15, 0.2) is 72.9 Å². The minimum Gasteiger partial charge on any atom is -0.349 e. The Bertz CT molecular complexity index is 1380. The molecule has 6 heteroatoms. The molecule has 1 aromatic heterocycles. The molecule has 1 amide bonds. The first-order valence-electron chi connectivity index (χ1n) is 13.9. The maximum Gasteiger partial charge on any atom is 0.251 e. The standard InChI is InChI=1S/C33H37F2N3O/c1-3-5-9-32-31-20-27(11-10-26(31)12-15-37-32)33(39)38-30(19-25-17-28(34)21-29(35)18-25)13-14-36-22-24-8-6-7-23(4-2)16-24/h6-8,10-12,15-18,20-21,30,36H,3-5,9,13-14,19,22H2,1-2H3,(H,38,39)/t30-/m1/s1. The number of pyridine rings is 1. The van der Waals surface area contributed by atoms with Crippen molar-refractivity contribution in [2.45, 2.75) is 65.0 Å². The third-order valence-electron chi connectivity index (χ3n) is 7.02. The predicted octanol–water partition coefficient (Wildman–Crippen LogP) is 6.94. The molecular formula is C33H37F2N3O. The fourth-order valence-electron chi connectivity index (χ4n) is 4.89. The van der Waals surface area contributed by atoms with Crippen molar-refractivity contribution < 1.29 is 13.6 Å². The fraction of sp³-hybridized carbons (Fsp3) is 0.333. The third-order valence-corrected chi connectivity index (χ3v) is 7.02. The molecular weight excluding hydrogens is 492 g/mol. The van der Waals surface area contributed by atoms with Gasteiger partial charge in [-0.1, -0.05) is 50.6 Å². The Morgan fingerprint density at radius 2 is 1.72 bits per heavy atom. The van der Waals surface area contributed by atoms with Gasteiger partial charge in [-0.25, -0.2) is 8.78 Å². The van der Waals surface area contributed by atoms with Crippen LogP contribution in [0.4, 0.5) is 8.78 Å². The zero-order chi connectivity index (χ0) is 27.6. The van der Waals surface area contributed by atoms with Gasteiger partial charge in [0.25, 0.3) is 5.91 Å². The highest BCUT2D eigenvalue weighted by atomic mass is 19.1. The largest absolute Gasteiger partial charge is 0.349 e. The first kappa shape index (κ1) is 28.4. The minimum absolute atomic E-state index is 0.209. The lowest BCUT2D eigenvalue weighted by Gasteiger charge is -2.20. The van der Waals surface area contributed by atoms with Gasteiger partial charge in [-0.3, -0.25) is 9.78 Å². The minimum atomic E-state index is -0.620. The van der Waals surface area contributed by atoms with Crippen LogP contribution >= 0.6 is 0 Å². The molecule has 0 saturated carbocycles. The van der Waals surface area contributed by atoms with Crippen molar-refractivity contribution >= 4 is 16.7 Å². The van der Waals surface area contributed by atoms with E-state index in [4.69, 9.17) is 0 Å². The van der Waals surface area contributed by atoms with E-state index < -0.39 is 11.6 Å². The molecule has 0 radical (unpaired) electrons. The van der Waals surface area contributed by atoms with E-state index in [9.17, 15) is 13.6 Å². The first-order chi connectivity index (χ1) is 18.9. The van der Waals surface area contributed by atoms with Crippen LogP contribution in [0.1, 0.15) is 65.9 Å². The molecule has 4 rings (SSSR count). The molecule has 39 heavy (non-hydrogen) atoms. The van der Waals surface area contributed by atoms with E-state index in [1.54, 1.807) is 0 Å². The van der Waals surface area contributed by atoms with E-state index >= 15 is 0 Å². The molecule has 0 spiro atoms. The number of hydrogen-bond acceptors (Lipinski definition) is 3. The van der Waals surface area contributed by atoms with Crippen molar-refractivity contribution in [2.75, 3.05) is 6.54 Å². The van der Waals surface area contributed by atoms with Crippen LogP contribution in [-0.2, 0) is 25.8 Å². The number of nitrogens with zero attached hydrogens (tertiary/aromatic N) is 1. The van der Waals surface area contributed by atoms with Gasteiger partial charge in [0, 0.05) is 41.5 Å². The van der Waals surface area contributed by atoms with Crippen molar-refractivity contribution in [1.82, 2.24) is 15.6 Å². The van der Waals surface area contributed by atoms with Crippen LogP contribution in [0.25, 0.3) is 10.8 Å². The molecule has 1 heterocycles. The highest BCUT2D eigenvalue weighted by molar-refractivity contribution is 5.99. The summed E-state index contributed by atoms with van der Waals surface area (Å²) < 4.78 is 27.8. The summed E-state index contributed by atoms with van der Waals surface area (Å²) in [5.41, 5.74) is 4.54. The Hall–Kier alpha value is -3.64. The highest BCUT2D eigenvalue weighted by Crippen LogP contribution is 2.21. The Morgan fingerprint density at radius 1 is 0.923 bits per heavy atom. The second-order valence-corrected chi connectivity index (χ2v) is 10.1. The summed E-state index contributed by atoms with van der Waals surface area (Å²) in [5.74, 6) is -1.45. The SMILES string of the molecule is CCCCc1nccc2ccc(C(=O)N[C@H](CCNCc3cccc(CC)c3)Cc3cc(F)cc(F)c3)cc12. The topological polar surface area (TPSA) is 54.0 Å². The number of hydrogen-bond donors (Lipinski definition) is 2. The second-order valence-electron chi connectivity index (χ2n) is 10.1. The molecule has 0 aliphatic heterocycles. The lowest BCUT2D eigenvalue weighted by Crippen LogP contribution is -2.38. The molecule has 0 aliphatic rings. The molecule has 1 atom stereocenters. The van der Waals surface area contributed by atoms with Crippen LogP contribution in [0, 0.1) is 11.6 Å². The van der Waals surface area contributed by atoms with Gasteiger partial charge in [-0.2, -0.15) is 0 Å². The first-order valence-corrected chi connectivity index (χ1v) is 13.9. The molecule has 0 bridgehead atoms. The van der Waals surface area contributed by atoms with E-state index in [0.717, 1.165) is 48.2 Å². The molecule has 4 nitrogen and oxygen atoms in total. The van der Waals surface area contributed by atoms with Crippen LogP contribution < -0.4 is 10.6 Å². The Morgan fingerprint density at radius 3 is 2.49 bits per heavy atom. The third kappa shape index (κ3) is 8.17. The Kier molecular flexibility index (Phi) is 10.1. The molecule has 0 aliphatic carbocycles. The summed E-state index contributed by atoms with van der Waals surface area (Å²) in [6, 6.07) is 19.3. The number of rotatable bonds is 13. The monoisotopic (exact) mass is 529 g/mol. The smallest absolute Gasteiger partial charge is 0.251 e. The maximum absolute atomic E-state index is 13.9. The van der Waals surface area contributed by atoms with E-state index in [1.165, 1.54) is 23.3 Å². The summed E-state index contributed by atoms with van der Waals surface area (Å²) in [4.78, 5) is 17.9. The molecule has 4 aromatic rings. The van der Waals surface area contributed by atoms with E-state index in [1.807, 2.05) is 30.5 Å². The van der Waals surface area contributed by atoms with Crippen LogP contribution in [0.2, 0.25) is 0 Å². The quantitative estimate of drug-likeness (QED) is 0.185. The van der Waals surface area contributed by atoms with Gasteiger partial charge in [-0.15, -0.1) is 0 Å². The number of fused-ring (bicyclic) bond motifs is 1. The summed E-state index contributed by atoms with van der Waals surface area (Å²) >= 11 is 0. The van der Waals surface area contributed by atoms with Crippen LogP contribution in [0.3, 0.4) is 0 Å². The lowest BCUT2D eigenvalue weighted by atomic mass is 10.0. The zero-order valence-corrected chi connectivity index (χ0v) is 22.8. The number of nitrogens with one attached hydrogen (secondary N) is 2. The number of aryl methyl sites for hydroxylation is 2. The number of unbranched alkanes of at least 4 members (excludes halogenated alkanes) is 1. The summed E-state index contributed by atoms with van der Waals surface area (Å²) in [6.07, 6.45) is 6.69. The Labute approximate surface area is 229 Å². The number of carbonyl (C=O) groups excluding carboxylic acids is 1. The van der Waals surface area contributed by atoms with Crippen molar-refractivity contribution in [3.05, 3.63) is 113 Å². The molecule has 204 valence electrons. The average molecular weight is 530 g/mol. The van der Waals surface area contributed by atoms with Gasteiger partial charge in [0.2, 0.25) is 0 Å². The highest BCUT2D eigenvalue weighted by Gasteiger charge is 2.17. The van der Waals surface area contributed by atoms with Gasteiger partial charge in [-0.05, 0) is 91.1 Å². The van der Waals surface area contributed by atoms with Crippen LogP contribution in [-0.4, -0.2) is 23.5 Å². The molecule has 2 N–H and O–H groups in total. The number of amides is 1. The van der Waals surface area contributed by atoms with E-state index in [2.05, 4.69) is 53.7 Å². The normalized spacial score (nSPS) is 12.0. The molecule has 0 fully saturated rings. The average Bonchev–Trinajstić information content (AvgIpc) is 2.93. The van der Waals surface area contributed by atoms with Crippen LogP contribution in [0.5, 0.6) is 0 Å². The molecule has 0 saturated heterocycles. The fourth-order valence-corrected chi connectivity index (χ4v) is 4.89. The van der Waals surface area contributed by atoms with Crippen molar-refractivity contribution in [2.24, 2.45) is 0 Å². The summed E-state index contributed by atoms with van der Waals surface area (Å²) in [5, 5.41) is 8.61. The number of aromatic nitrogens is 1. The number of benzene rings is 3. The van der Waals surface area contributed by atoms with Gasteiger partial charge in [0.05, 0.1) is 0 Å². The summed E-state index contributed by atoms with van der Waals surface area (Å²) in [6.45, 7) is 5.63. The van der Waals surface area contributed by atoms with Gasteiger partial charge >= 0.3 is 0 Å². The second kappa shape index (κ2) is 13.9. The number of halogens is 2. The van der Waals surface area contributed by atoms with E-state index in [-0.39, 0.29) is 11.9 Å². The van der Waals surface area contributed by atoms with Crippen molar-refractivity contribution in [3.63, 3.8) is 0 Å². The van der Waals surface area contributed by atoms with E-state index in [0.29, 0.717) is 37.1 Å². The predicted molar refractivity (Wildman–Crippen MR) is 154 cm³/mol. The number of carbonyl (C=O) groups is 1. The van der Waals surface area contributed by atoms with Crippen molar-refractivity contribution in [1.29, 1.82) is 0 Å². The van der Waals surface area contributed by atoms with Gasteiger partial charge in [0.15, 0.2) is 0 Å². The molecule has 0 unspecified atom stereocenters. The Balaban J connectivity index is 1.47. The van der Waals surface area contributed by atoms with Gasteiger partial charge < -0.3 is 10.6 Å². The van der Waals surface area contributed by atoms with Crippen molar-refractivity contribution in [3.8, 4) is 0 Å². The maximum atomic E-state index is 13.9.